The smallest absolute Gasteiger partial charge is 0.407 e. The van der Waals surface area contributed by atoms with Crippen molar-refractivity contribution >= 4 is 23.7 Å². The molecule has 8 nitrogen and oxygen atoms in total. The monoisotopic (exact) mass is 654 g/mol. The van der Waals surface area contributed by atoms with E-state index in [2.05, 4.69) is 46.0 Å². The molecule has 0 aromatic carbocycles. The number of carbonyl (C=O) groups excluding carboxylic acids is 4. The van der Waals surface area contributed by atoms with Gasteiger partial charge in [-0.15, -0.1) is 0 Å². The van der Waals surface area contributed by atoms with Gasteiger partial charge in [-0.05, 0) is 104 Å². The summed E-state index contributed by atoms with van der Waals surface area (Å²) in [5.74, 6) is 4.01. The van der Waals surface area contributed by atoms with Crippen LogP contribution in [0.1, 0.15) is 144 Å². The Bertz CT molecular complexity index is 1170. The zero-order valence-corrected chi connectivity index (χ0v) is 30.0. The van der Waals surface area contributed by atoms with E-state index in [9.17, 15) is 19.2 Å². The summed E-state index contributed by atoms with van der Waals surface area (Å²) in [5, 5.41) is 3.62. The molecule has 0 aromatic rings. The number of unbranched alkanes of at least 4 members (excludes halogenated alkanes) is 2. The number of allylic oxidation sites excluding steroid dienone is 1. The standard InChI is InChI=1S/C39H62N2O6/c1-26(2)10-9-11-27(3)32-15-16-33-31-14-13-28-24-30(19-21-38(28,4)34(31)20-22-39(32,33)5)47-37(45)40-23-8-6-7-12-29(42)25-46-41-35(43)17-18-36(41)44/h13,26-27,30-34H,6-12,14-25H2,1-5H3,(H,40,45)/t27-,30+,31?,32-,33?,34?,38+,39-/m1/s1. The molecule has 0 radical (unpaired) electrons. The van der Waals surface area contributed by atoms with Gasteiger partial charge in [0.1, 0.15) is 12.7 Å². The van der Waals surface area contributed by atoms with Crippen LogP contribution >= 0.6 is 0 Å². The maximum Gasteiger partial charge on any atom is 0.407 e. The number of amides is 3. The van der Waals surface area contributed by atoms with E-state index in [1.54, 1.807) is 0 Å². The molecule has 8 atom stereocenters. The molecule has 4 aliphatic carbocycles. The Balaban J connectivity index is 1.01. The highest BCUT2D eigenvalue weighted by Crippen LogP contribution is 2.67. The molecule has 3 saturated carbocycles. The predicted octanol–water partition coefficient (Wildman–Crippen LogP) is 8.33. The molecule has 0 aromatic heterocycles. The summed E-state index contributed by atoms with van der Waals surface area (Å²) in [6.45, 7) is 12.7. The minimum atomic E-state index is -0.390. The lowest BCUT2D eigenvalue weighted by molar-refractivity contribution is -0.188. The number of nitrogens with one attached hydrogen (secondary N) is 1. The molecule has 3 unspecified atom stereocenters. The Labute approximate surface area is 283 Å². The highest BCUT2D eigenvalue weighted by Gasteiger charge is 2.59. The number of imide groups is 1. The second kappa shape index (κ2) is 15.6. The van der Waals surface area contributed by atoms with E-state index in [0.29, 0.717) is 29.9 Å². The minimum Gasteiger partial charge on any atom is -0.446 e. The fraction of sp³-hybridized carbons (Fsp3) is 0.846. The number of fused-ring (bicyclic) bond motifs is 5. The predicted molar refractivity (Wildman–Crippen MR) is 182 cm³/mol. The van der Waals surface area contributed by atoms with Gasteiger partial charge in [0.05, 0.1) is 0 Å². The number of hydroxylamine groups is 2. The average Bonchev–Trinajstić information content (AvgIpc) is 3.55. The van der Waals surface area contributed by atoms with Gasteiger partial charge in [-0.1, -0.05) is 72.0 Å². The highest BCUT2D eigenvalue weighted by molar-refractivity contribution is 6.00. The highest BCUT2D eigenvalue weighted by atomic mass is 16.7. The summed E-state index contributed by atoms with van der Waals surface area (Å²) in [5.41, 5.74) is 2.28. The van der Waals surface area contributed by atoms with Crippen LogP contribution in [0.4, 0.5) is 4.79 Å². The summed E-state index contributed by atoms with van der Waals surface area (Å²) in [7, 11) is 0. The Morgan fingerprint density at radius 1 is 0.936 bits per heavy atom. The summed E-state index contributed by atoms with van der Waals surface area (Å²) >= 11 is 0. The van der Waals surface area contributed by atoms with E-state index in [1.165, 1.54) is 56.9 Å². The summed E-state index contributed by atoms with van der Waals surface area (Å²) in [4.78, 5) is 52.9. The molecule has 8 heteroatoms. The van der Waals surface area contributed by atoms with Crippen LogP contribution < -0.4 is 5.32 Å². The lowest BCUT2D eigenvalue weighted by Gasteiger charge is -2.58. The lowest BCUT2D eigenvalue weighted by atomic mass is 9.47. The van der Waals surface area contributed by atoms with Crippen molar-refractivity contribution in [1.29, 1.82) is 0 Å². The second-order valence-corrected chi connectivity index (χ2v) is 16.7. The van der Waals surface area contributed by atoms with Crippen LogP contribution in [0.2, 0.25) is 0 Å². The maximum atomic E-state index is 12.6. The largest absolute Gasteiger partial charge is 0.446 e. The third-order valence-corrected chi connectivity index (χ3v) is 13.3. The number of ether oxygens (including phenoxy) is 1. The first-order valence-corrected chi connectivity index (χ1v) is 19.1. The quantitative estimate of drug-likeness (QED) is 0.108. The molecule has 5 rings (SSSR count). The Morgan fingerprint density at radius 2 is 1.70 bits per heavy atom. The number of rotatable bonds is 15. The number of ketones is 1. The molecular formula is C39H62N2O6. The first kappa shape index (κ1) is 36.1. The van der Waals surface area contributed by atoms with E-state index in [1.807, 2.05) is 0 Å². The van der Waals surface area contributed by atoms with Gasteiger partial charge >= 0.3 is 6.09 Å². The fourth-order valence-corrected chi connectivity index (χ4v) is 10.7. The number of hydrogen-bond acceptors (Lipinski definition) is 6. The van der Waals surface area contributed by atoms with Crippen molar-refractivity contribution in [2.45, 2.75) is 150 Å². The molecule has 3 amide bonds. The van der Waals surface area contributed by atoms with Crippen LogP contribution in [-0.2, 0) is 24.0 Å². The average molecular weight is 655 g/mol. The minimum absolute atomic E-state index is 0.0609. The van der Waals surface area contributed by atoms with Crippen molar-refractivity contribution in [2.24, 2.45) is 46.3 Å². The van der Waals surface area contributed by atoms with Gasteiger partial charge in [-0.25, -0.2) is 4.79 Å². The van der Waals surface area contributed by atoms with Crippen molar-refractivity contribution in [3.8, 4) is 0 Å². The zero-order chi connectivity index (χ0) is 33.8. The van der Waals surface area contributed by atoms with Crippen LogP contribution in [-0.4, -0.2) is 48.0 Å². The number of Topliss-reactive ketones (excluding diaryl/α,β-unsaturated/α-hetero) is 1. The molecule has 1 aliphatic heterocycles. The van der Waals surface area contributed by atoms with E-state index in [4.69, 9.17) is 9.57 Å². The first-order valence-electron chi connectivity index (χ1n) is 19.1. The van der Waals surface area contributed by atoms with Gasteiger partial charge in [0.15, 0.2) is 5.78 Å². The van der Waals surface area contributed by atoms with Crippen LogP contribution in [0.3, 0.4) is 0 Å². The molecule has 264 valence electrons. The number of nitrogens with zero attached hydrogens (tertiary/aromatic N) is 1. The number of alkyl carbamates (subject to hydrolysis) is 1. The van der Waals surface area contributed by atoms with Gasteiger partial charge in [-0.3, -0.25) is 19.2 Å². The molecule has 1 heterocycles. The van der Waals surface area contributed by atoms with E-state index < -0.39 is 11.8 Å². The molecule has 0 bridgehead atoms. The van der Waals surface area contributed by atoms with Crippen LogP contribution in [0.15, 0.2) is 11.6 Å². The van der Waals surface area contributed by atoms with Gasteiger partial charge in [-0.2, -0.15) is 5.06 Å². The molecule has 47 heavy (non-hydrogen) atoms. The Hall–Kier alpha value is -2.22. The Kier molecular flexibility index (Phi) is 11.9. The van der Waals surface area contributed by atoms with Crippen molar-refractivity contribution in [3.63, 3.8) is 0 Å². The van der Waals surface area contributed by atoms with Crippen molar-refractivity contribution in [1.82, 2.24) is 10.4 Å². The summed E-state index contributed by atoms with van der Waals surface area (Å²) in [6.07, 6.45) is 18.7. The normalized spacial score (nSPS) is 34.0. The maximum absolute atomic E-state index is 12.6. The van der Waals surface area contributed by atoms with E-state index in [-0.39, 0.29) is 42.8 Å². The molecule has 5 aliphatic rings. The van der Waals surface area contributed by atoms with Gasteiger partial charge < -0.3 is 10.1 Å². The molecular weight excluding hydrogens is 592 g/mol. The van der Waals surface area contributed by atoms with Crippen molar-refractivity contribution < 1.29 is 28.8 Å². The molecule has 1 saturated heterocycles. The van der Waals surface area contributed by atoms with Crippen molar-refractivity contribution in [2.75, 3.05) is 13.2 Å². The summed E-state index contributed by atoms with van der Waals surface area (Å²) < 4.78 is 5.92. The fourth-order valence-electron chi connectivity index (χ4n) is 10.7. The third kappa shape index (κ3) is 8.16. The van der Waals surface area contributed by atoms with Gasteiger partial charge in [0.25, 0.3) is 11.8 Å². The third-order valence-electron chi connectivity index (χ3n) is 13.3. The second-order valence-electron chi connectivity index (χ2n) is 16.7. The van der Waals surface area contributed by atoms with Gasteiger partial charge in [0.2, 0.25) is 0 Å². The first-order chi connectivity index (χ1) is 22.4. The lowest BCUT2D eigenvalue weighted by Crippen LogP contribution is -2.51. The zero-order valence-electron chi connectivity index (χ0n) is 30.0. The van der Waals surface area contributed by atoms with E-state index in [0.717, 1.165) is 67.6 Å². The molecule has 0 spiro atoms. The van der Waals surface area contributed by atoms with E-state index >= 15 is 0 Å². The van der Waals surface area contributed by atoms with Crippen molar-refractivity contribution in [3.05, 3.63) is 11.6 Å². The Morgan fingerprint density at radius 3 is 2.45 bits per heavy atom. The topological polar surface area (TPSA) is 102 Å². The van der Waals surface area contributed by atoms with Gasteiger partial charge in [0, 0.05) is 32.2 Å². The van der Waals surface area contributed by atoms with Crippen LogP contribution in [0.25, 0.3) is 0 Å². The van der Waals surface area contributed by atoms with Crippen LogP contribution in [0, 0.1) is 46.3 Å². The number of hydrogen-bond donors (Lipinski definition) is 1. The number of carbonyl (C=O) groups is 4. The molecule has 4 fully saturated rings. The summed E-state index contributed by atoms with van der Waals surface area (Å²) in [6, 6.07) is 0. The SMILES string of the molecule is CC(C)CCC[C@@H](C)[C@H]1CCC2C3CC=C4C[C@@H](OC(=O)NCCCCCC(=O)CON5C(=O)CCC5=O)CC[C@]4(C)C3CC[C@@]21C. The van der Waals surface area contributed by atoms with Crippen LogP contribution in [0.5, 0.6) is 0 Å². The molecule has 1 N–H and O–H groups in total.